The van der Waals surface area contributed by atoms with Gasteiger partial charge >= 0.3 is 0 Å². The highest BCUT2D eigenvalue weighted by atomic mass is 127. The number of hydrogen-bond donors (Lipinski definition) is 1. The van der Waals surface area contributed by atoms with Gasteiger partial charge in [0.1, 0.15) is 17.9 Å². The summed E-state index contributed by atoms with van der Waals surface area (Å²) in [7, 11) is 3.09. The molecule has 1 aliphatic rings. The molecular weight excluding hydrogens is 579 g/mol. The Labute approximate surface area is 221 Å². The van der Waals surface area contributed by atoms with Crippen molar-refractivity contribution in [3.05, 3.63) is 87.0 Å². The van der Waals surface area contributed by atoms with Crippen LogP contribution in [0.3, 0.4) is 0 Å². The summed E-state index contributed by atoms with van der Waals surface area (Å²) in [6.45, 7) is 0.378. The molecule has 1 fully saturated rings. The highest BCUT2D eigenvalue weighted by Crippen LogP contribution is 2.31. The van der Waals surface area contributed by atoms with E-state index in [4.69, 9.17) is 26.4 Å². The monoisotopic (exact) mass is 600 g/mol. The average Bonchev–Trinajstić information content (AvgIpc) is 2.86. The third-order valence-electron chi connectivity index (χ3n) is 5.24. The van der Waals surface area contributed by atoms with Gasteiger partial charge in [-0.25, -0.2) is 0 Å². The molecule has 0 aromatic heterocycles. The quantitative estimate of drug-likeness (QED) is 0.183. The van der Waals surface area contributed by atoms with E-state index in [1.54, 1.807) is 49.6 Å². The first-order valence-corrected chi connectivity index (χ1v) is 12.0. The maximum Gasteiger partial charge on any atom is 0.270 e. The zero-order valence-corrected chi connectivity index (χ0v) is 21.9. The summed E-state index contributed by atoms with van der Waals surface area (Å²) in [4.78, 5) is 27.1. The van der Waals surface area contributed by atoms with E-state index in [9.17, 15) is 9.59 Å². The van der Waals surface area contributed by atoms with E-state index in [0.29, 0.717) is 35.1 Å². The number of amides is 2. The molecule has 7 nitrogen and oxygen atoms in total. The number of carbonyl (C=O) groups excluding carboxylic acids is 2. The van der Waals surface area contributed by atoms with Crippen LogP contribution in [0.2, 0.25) is 0 Å². The van der Waals surface area contributed by atoms with Crippen LogP contribution in [0.15, 0.2) is 72.3 Å². The molecule has 35 heavy (non-hydrogen) atoms. The highest BCUT2D eigenvalue weighted by molar-refractivity contribution is 14.1. The van der Waals surface area contributed by atoms with Crippen molar-refractivity contribution < 1.29 is 23.8 Å². The Kier molecular flexibility index (Phi) is 7.67. The first-order valence-electron chi connectivity index (χ1n) is 10.5. The summed E-state index contributed by atoms with van der Waals surface area (Å²) >= 11 is 7.50. The third kappa shape index (κ3) is 5.63. The molecule has 3 aromatic carbocycles. The first-order chi connectivity index (χ1) is 16.9. The molecule has 2 amide bonds. The van der Waals surface area contributed by atoms with Gasteiger partial charge in [-0.3, -0.25) is 19.8 Å². The van der Waals surface area contributed by atoms with Crippen LogP contribution in [-0.4, -0.2) is 31.1 Å². The van der Waals surface area contributed by atoms with Gasteiger partial charge < -0.3 is 14.2 Å². The molecule has 0 radical (unpaired) electrons. The Morgan fingerprint density at radius 2 is 1.66 bits per heavy atom. The number of methoxy groups -OCH3 is 2. The van der Waals surface area contributed by atoms with E-state index in [1.807, 2.05) is 24.3 Å². The summed E-state index contributed by atoms with van der Waals surface area (Å²) in [5.74, 6) is 0.578. The maximum atomic E-state index is 13.2. The molecule has 1 heterocycles. The summed E-state index contributed by atoms with van der Waals surface area (Å²) in [6, 6.07) is 20.1. The van der Waals surface area contributed by atoms with Gasteiger partial charge in [0.15, 0.2) is 16.6 Å². The van der Waals surface area contributed by atoms with Crippen LogP contribution in [0.1, 0.15) is 11.1 Å². The van der Waals surface area contributed by atoms with Gasteiger partial charge in [-0.05, 0) is 101 Å². The fourth-order valence-corrected chi connectivity index (χ4v) is 4.07. The lowest BCUT2D eigenvalue weighted by molar-refractivity contribution is -0.122. The molecule has 0 atom stereocenters. The number of nitrogens with zero attached hydrogens (tertiary/aromatic N) is 1. The molecule has 178 valence electrons. The Morgan fingerprint density at radius 3 is 2.31 bits per heavy atom. The van der Waals surface area contributed by atoms with Crippen LogP contribution in [-0.2, 0) is 16.2 Å². The summed E-state index contributed by atoms with van der Waals surface area (Å²) in [5, 5.41) is 2.59. The molecular formula is C26H21IN2O5S. The van der Waals surface area contributed by atoms with Gasteiger partial charge in [-0.1, -0.05) is 18.2 Å². The smallest absolute Gasteiger partial charge is 0.270 e. The fraction of sp³-hybridized carbons (Fsp3) is 0.115. The van der Waals surface area contributed by atoms with Gasteiger partial charge in [-0.15, -0.1) is 0 Å². The van der Waals surface area contributed by atoms with Crippen molar-refractivity contribution in [3.63, 3.8) is 0 Å². The molecule has 0 bridgehead atoms. The number of benzene rings is 3. The Bertz CT molecular complexity index is 1310. The van der Waals surface area contributed by atoms with Crippen LogP contribution in [0, 0.1) is 3.57 Å². The first kappa shape index (κ1) is 24.7. The number of carbonyl (C=O) groups is 2. The SMILES string of the molecule is COc1ccc(N2C(=O)/C(=C/c3ccc(OCc4ccc(I)cc4)c(OC)c3)C(=O)NC2=S)cc1. The minimum atomic E-state index is -0.567. The van der Waals surface area contributed by atoms with Gasteiger partial charge in [0.2, 0.25) is 0 Å². The van der Waals surface area contributed by atoms with Gasteiger partial charge in [-0.2, -0.15) is 0 Å². The van der Waals surface area contributed by atoms with E-state index in [1.165, 1.54) is 18.1 Å². The molecule has 1 aliphatic heterocycles. The van der Waals surface area contributed by atoms with E-state index >= 15 is 0 Å². The van der Waals surface area contributed by atoms with Crippen LogP contribution in [0.4, 0.5) is 5.69 Å². The van der Waals surface area contributed by atoms with Crippen LogP contribution < -0.4 is 24.4 Å². The second-order valence-electron chi connectivity index (χ2n) is 7.48. The molecule has 0 spiro atoms. The van der Waals surface area contributed by atoms with E-state index in [-0.39, 0.29) is 10.7 Å². The molecule has 3 aromatic rings. The van der Waals surface area contributed by atoms with Gasteiger partial charge in [0.05, 0.1) is 19.9 Å². The van der Waals surface area contributed by atoms with E-state index in [0.717, 1.165) is 9.13 Å². The minimum absolute atomic E-state index is 0.0132. The molecule has 4 rings (SSSR count). The third-order valence-corrected chi connectivity index (χ3v) is 6.24. The predicted molar refractivity (Wildman–Crippen MR) is 146 cm³/mol. The zero-order chi connectivity index (χ0) is 24.9. The summed E-state index contributed by atoms with van der Waals surface area (Å²) in [6.07, 6.45) is 1.50. The van der Waals surface area contributed by atoms with Crippen molar-refractivity contribution in [1.82, 2.24) is 5.32 Å². The number of anilines is 1. The lowest BCUT2D eigenvalue weighted by Gasteiger charge is -2.29. The van der Waals surface area contributed by atoms with Gasteiger partial charge in [0, 0.05) is 3.57 Å². The predicted octanol–water partition coefficient (Wildman–Crippen LogP) is 4.72. The van der Waals surface area contributed by atoms with E-state index in [2.05, 4.69) is 27.9 Å². The van der Waals surface area contributed by atoms with Crippen molar-refractivity contribution in [1.29, 1.82) is 0 Å². The number of rotatable bonds is 7. The van der Waals surface area contributed by atoms with Gasteiger partial charge in [0.25, 0.3) is 11.8 Å². The number of thiocarbonyl (C=S) groups is 1. The Balaban J connectivity index is 1.57. The molecule has 0 unspecified atom stereocenters. The average molecular weight is 600 g/mol. The lowest BCUT2D eigenvalue weighted by atomic mass is 10.1. The molecule has 0 aliphatic carbocycles. The fourth-order valence-electron chi connectivity index (χ4n) is 3.42. The second-order valence-corrected chi connectivity index (χ2v) is 9.11. The molecule has 9 heteroatoms. The van der Waals surface area contributed by atoms with Crippen LogP contribution in [0.5, 0.6) is 17.2 Å². The lowest BCUT2D eigenvalue weighted by Crippen LogP contribution is -2.54. The maximum absolute atomic E-state index is 13.2. The van der Waals surface area contributed by atoms with Crippen LogP contribution in [0.25, 0.3) is 6.08 Å². The molecule has 1 saturated heterocycles. The van der Waals surface area contributed by atoms with Crippen molar-refractivity contribution >= 4 is 63.5 Å². The Hall–Kier alpha value is -3.44. The minimum Gasteiger partial charge on any atom is -0.497 e. The van der Waals surface area contributed by atoms with E-state index < -0.39 is 11.8 Å². The topological polar surface area (TPSA) is 77.1 Å². The Morgan fingerprint density at radius 1 is 0.943 bits per heavy atom. The highest BCUT2D eigenvalue weighted by Gasteiger charge is 2.34. The zero-order valence-electron chi connectivity index (χ0n) is 18.9. The number of hydrogen-bond acceptors (Lipinski definition) is 6. The molecule has 0 saturated carbocycles. The van der Waals surface area contributed by atoms with Crippen LogP contribution >= 0.6 is 34.8 Å². The van der Waals surface area contributed by atoms with Crippen molar-refractivity contribution in [2.75, 3.05) is 19.1 Å². The second kappa shape index (κ2) is 10.9. The normalized spacial score (nSPS) is 14.7. The summed E-state index contributed by atoms with van der Waals surface area (Å²) in [5.41, 5.74) is 2.09. The standard InChI is InChI=1S/C26H21IN2O5S/c1-32-20-10-8-19(9-11-20)29-25(31)21(24(30)28-26(29)35)13-17-5-12-22(23(14-17)33-2)34-15-16-3-6-18(27)7-4-16/h3-14H,15H2,1-2H3,(H,28,30,35)/b21-13+. The van der Waals surface area contributed by atoms with Crippen molar-refractivity contribution in [2.45, 2.75) is 6.61 Å². The molecule has 1 N–H and O–H groups in total. The number of halogens is 1. The number of ether oxygens (including phenoxy) is 3. The van der Waals surface area contributed by atoms with Crippen molar-refractivity contribution in [3.8, 4) is 17.2 Å². The van der Waals surface area contributed by atoms with Crippen molar-refractivity contribution in [2.24, 2.45) is 0 Å². The number of nitrogens with one attached hydrogen (secondary N) is 1. The largest absolute Gasteiger partial charge is 0.497 e. The summed E-state index contributed by atoms with van der Waals surface area (Å²) < 4.78 is 17.7.